The molecule has 2 aliphatic carbocycles. The molecule has 0 spiro atoms. The molecular weight excluding hydrogens is 363 g/mol. The Hall–Kier alpha value is -1.52. The van der Waals surface area contributed by atoms with Gasteiger partial charge < -0.3 is 9.84 Å². The summed E-state index contributed by atoms with van der Waals surface area (Å²) in [4.78, 5) is 22.7. The van der Waals surface area contributed by atoms with Gasteiger partial charge in [0.25, 0.3) is 0 Å². The largest absolute Gasteiger partial charge is 0.491 e. The Labute approximate surface area is 156 Å². The van der Waals surface area contributed by atoms with E-state index in [1.807, 2.05) is 6.07 Å². The number of ketones is 1. The third kappa shape index (κ3) is 3.06. The molecule has 0 radical (unpaired) electrons. The number of carbonyl (C=O) groups is 2. The van der Waals surface area contributed by atoms with Gasteiger partial charge in [0, 0.05) is 17.4 Å². The van der Waals surface area contributed by atoms with Crippen molar-refractivity contribution in [1.29, 1.82) is 0 Å². The van der Waals surface area contributed by atoms with Crippen molar-refractivity contribution in [1.82, 2.24) is 0 Å². The SMILES string of the molecule is CC(C)C12CCC(=O)C=C1c1c(cc(OCCC(=O)O)c(Cl)c1Cl)C2. The molecule has 0 saturated carbocycles. The van der Waals surface area contributed by atoms with Gasteiger partial charge in [-0.25, -0.2) is 0 Å². The van der Waals surface area contributed by atoms with Crippen LogP contribution in [-0.2, 0) is 16.0 Å². The summed E-state index contributed by atoms with van der Waals surface area (Å²) in [6.45, 7) is 4.35. The highest BCUT2D eigenvalue weighted by molar-refractivity contribution is 6.44. The van der Waals surface area contributed by atoms with Crippen molar-refractivity contribution < 1.29 is 19.4 Å². The second kappa shape index (κ2) is 6.65. The summed E-state index contributed by atoms with van der Waals surface area (Å²) < 4.78 is 5.54. The van der Waals surface area contributed by atoms with Gasteiger partial charge in [-0.05, 0) is 42.0 Å². The number of allylic oxidation sites excluding steroid dienone is 2. The number of aliphatic carboxylic acids is 1. The Morgan fingerprint density at radius 1 is 1.36 bits per heavy atom. The molecule has 0 heterocycles. The number of halogens is 2. The lowest BCUT2D eigenvalue weighted by molar-refractivity contribution is -0.137. The molecule has 0 saturated heterocycles. The summed E-state index contributed by atoms with van der Waals surface area (Å²) in [6, 6.07) is 1.85. The number of hydrogen-bond acceptors (Lipinski definition) is 3. The number of fused-ring (bicyclic) bond motifs is 3. The summed E-state index contributed by atoms with van der Waals surface area (Å²) >= 11 is 12.9. The van der Waals surface area contributed by atoms with E-state index < -0.39 is 5.97 Å². The highest BCUT2D eigenvalue weighted by Crippen LogP contribution is 2.59. The van der Waals surface area contributed by atoms with Gasteiger partial charge in [0.2, 0.25) is 0 Å². The number of carboxylic acids is 1. The van der Waals surface area contributed by atoms with Gasteiger partial charge in [-0.15, -0.1) is 0 Å². The average molecular weight is 383 g/mol. The van der Waals surface area contributed by atoms with Crippen molar-refractivity contribution >= 4 is 40.5 Å². The molecule has 6 heteroatoms. The summed E-state index contributed by atoms with van der Waals surface area (Å²) in [6.07, 6.45) is 3.74. The molecule has 0 aliphatic heterocycles. The Morgan fingerprint density at radius 2 is 2.08 bits per heavy atom. The average Bonchev–Trinajstić information content (AvgIpc) is 2.86. The monoisotopic (exact) mass is 382 g/mol. The molecule has 1 aromatic rings. The van der Waals surface area contributed by atoms with E-state index in [1.165, 1.54) is 0 Å². The van der Waals surface area contributed by atoms with Crippen molar-refractivity contribution in [2.24, 2.45) is 11.3 Å². The van der Waals surface area contributed by atoms with Gasteiger partial charge >= 0.3 is 5.97 Å². The fourth-order valence-electron chi connectivity index (χ4n) is 3.94. The molecule has 1 unspecified atom stereocenters. The van der Waals surface area contributed by atoms with Crippen molar-refractivity contribution in [3.63, 3.8) is 0 Å². The molecule has 1 atom stereocenters. The maximum Gasteiger partial charge on any atom is 0.306 e. The first kappa shape index (κ1) is 18.3. The zero-order valence-corrected chi connectivity index (χ0v) is 15.7. The standard InChI is InChI=1S/C19H20Cl2O4/c1-10(2)19-5-3-12(22)8-13(19)16-11(9-19)7-14(17(20)18(16)21)25-6-4-15(23)24/h7-8,10H,3-6,9H2,1-2H3,(H,23,24). The maximum absolute atomic E-state index is 12.0. The second-order valence-electron chi connectivity index (χ2n) is 7.04. The molecule has 0 amide bonds. The smallest absolute Gasteiger partial charge is 0.306 e. The minimum atomic E-state index is -0.933. The number of ether oxygens (including phenoxy) is 1. The molecular formula is C19H20Cl2O4. The van der Waals surface area contributed by atoms with E-state index in [2.05, 4.69) is 13.8 Å². The van der Waals surface area contributed by atoms with Crippen LogP contribution in [0.5, 0.6) is 5.75 Å². The Balaban J connectivity index is 2.05. The first-order valence-corrected chi connectivity index (χ1v) is 9.12. The summed E-state index contributed by atoms with van der Waals surface area (Å²) in [5, 5.41) is 9.40. The van der Waals surface area contributed by atoms with Crippen molar-refractivity contribution in [3.05, 3.63) is 33.3 Å². The molecule has 0 bridgehead atoms. The minimum Gasteiger partial charge on any atom is -0.491 e. The lowest BCUT2D eigenvalue weighted by Gasteiger charge is -2.37. The predicted molar refractivity (Wildman–Crippen MR) is 97.4 cm³/mol. The molecule has 3 rings (SSSR count). The van der Waals surface area contributed by atoms with E-state index in [-0.39, 0.29) is 29.2 Å². The third-order valence-electron chi connectivity index (χ3n) is 5.37. The van der Waals surface area contributed by atoms with Gasteiger partial charge in [-0.2, -0.15) is 0 Å². The zero-order chi connectivity index (χ0) is 18.4. The first-order chi connectivity index (χ1) is 11.8. The van der Waals surface area contributed by atoms with E-state index in [9.17, 15) is 9.59 Å². The fraction of sp³-hybridized carbons (Fsp3) is 0.474. The molecule has 0 aromatic heterocycles. The molecule has 4 nitrogen and oxygen atoms in total. The predicted octanol–water partition coefficient (Wildman–Crippen LogP) is 4.79. The molecule has 1 N–H and O–H groups in total. The second-order valence-corrected chi connectivity index (χ2v) is 7.80. The van der Waals surface area contributed by atoms with Gasteiger partial charge in [0.15, 0.2) is 5.78 Å². The quantitative estimate of drug-likeness (QED) is 0.794. The number of benzene rings is 1. The fourth-order valence-corrected chi connectivity index (χ4v) is 4.46. The highest BCUT2D eigenvalue weighted by atomic mass is 35.5. The van der Waals surface area contributed by atoms with Crippen LogP contribution in [0.4, 0.5) is 0 Å². The third-order valence-corrected chi connectivity index (χ3v) is 6.22. The van der Waals surface area contributed by atoms with Gasteiger partial charge in [-0.3, -0.25) is 9.59 Å². The van der Waals surface area contributed by atoms with Crippen LogP contribution >= 0.6 is 23.2 Å². The van der Waals surface area contributed by atoms with Gasteiger partial charge in [0.1, 0.15) is 10.8 Å². The lowest BCUT2D eigenvalue weighted by atomic mass is 9.66. The van der Waals surface area contributed by atoms with Crippen LogP contribution in [0, 0.1) is 11.3 Å². The van der Waals surface area contributed by atoms with E-state index in [0.29, 0.717) is 23.1 Å². The summed E-state index contributed by atoms with van der Waals surface area (Å²) in [5.41, 5.74) is 2.73. The van der Waals surface area contributed by atoms with Crippen LogP contribution in [0.1, 0.15) is 44.2 Å². The normalized spacial score (nSPS) is 21.8. The van der Waals surface area contributed by atoms with E-state index >= 15 is 0 Å². The first-order valence-electron chi connectivity index (χ1n) is 8.37. The summed E-state index contributed by atoms with van der Waals surface area (Å²) in [5.74, 6) is -0.0634. The van der Waals surface area contributed by atoms with E-state index in [1.54, 1.807) is 6.08 Å². The van der Waals surface area contributed by atoms with Crippen molar-refractivity contribution in [2.45, 2.75) is 39.5 Å². The Bertz CT molecular complexity index is 782. The van der Waals surface area contributed by atoms with Crippen LogP contribution < -0.4 is 4.74 Å². The number of carboxylic acid groups (broad SMARTS) is 1. The molecule has 1 aromatic carbocycles. The Morgan fingerprint density at radius 3 is 2.72 bits per heavy atom. The number of rotatable bonds is 5. The topological polar surface area (TPSA) is 63.6 Å². The molecule has 0 fully saturated rings. The van der Waals surface area contributed by atoms with Crippen LogP contribution in [0.15, 0.2) is 12.1 Å². The van der Waals surface area contributed by atoms with Crippen LogP contribution in [0.2, 0.25) is 10.0 Å². The molecule has 2 aliphatic rings. The highest BCUT2D eigenvalue weighted by Gasteiger charge is 2.47. The van der Waals surface area contributed by atoms with E-state index in [0.717, 1.165) is 29.5 Å². The number of hydrogen-bond donors (Lipinski definition) is 1. The number of carbonyl (C=O) groups excluding carboxylic acids is 1. The van der Waals surface area contributed by atoms with Gasteiger partial charge in [0.05, 0.1) is 18.1 Å². The maximum atomic E-state index is 12.0. The molecule has 25 heavy (non-hydrogen) atoms. The minimum absolute atomic E-state index is 0.0284. The molecule has 134 valence electrons. The van der Waals surface area contributed by atoms with Crippen molar-refractivity contribution in [2.75, 3.05) is 6.61 Å². The lowest BCUT2D eigenvalue weighted by Crippen LogP contribution is -2.31. The van der Waals surface area contributed by atoms with Crippen molar-refractivity contribution in [3.8, 4) is 5.75 Å². The van der Waals surface area contributed by atoms with Gasteiger partial charge in [-0.1, -0.05) is 37.0 Å². The van der Waals surface area contributed by atoms with Crippen LogP contribution in [0.3, 0.4) is 0 Å². The Kier molecular flexibility index (Phi) is 4.86. The summed E-state index contributed by atoms with van der Waals surface area (Å²) in [7, 11) is 0. The van der Waals surface area contributed by atoms with Crippen LogP contribution in [-0.4, -0.2) is 23.5 Å². The zero-order valence-electron chi connectivity index (χ0n) is 14.2. The van der Waals surface area contributed by atoms with Crippen LogP contribution in [0.25, 0.3) is 5.57 Å². The van der Waals surface area contributed by atoms with E-state index in [4.69, 9.17) is 33.0 Å².